The van der Waals surface area contributed by atoms with E-state index in [1.165, 1.54) is 17.3 Å². The molecule has 2 aromatic carbocycles. The second kappa shape index (κ2) is 7.12. The molecule has 4 aromatic rings. The predicted molar refractivity (Wildman–Crippen MR) is 105 cm³/mol. The first kappa shape index (κ1) is 17.1. The molecule has 4 N–H and O–H groups in total. The van der Waals surface area contributed by atoms with Crippen molar-refractivity contribution < 1.29 is 4.79 Å². The van der Waals surface area contributed by atoms with Gasteiger partial charge in [-0.15, -0.1) is 5.10 Å². The van der Waals surface area contributed by atoms with Crippen molar-refractivity contribution in [3.05, 3.63) is 58.5 Å². The van der Waals surface area contributed by atoms with Crippen LogP contribution in [0.15, 0.2) is 52.4 Å². The summed E-state index contributed by atoms with van der Waals surface area (Å²) in [6.07, 6.45) is 0. The fourth-order valence-electron chi connectivity index (χ4n) is 2.59. The van der Waals surface area contributed by atoms with Gasteiger partial charge in [0.05, 0.1) is 16.8 Å². The maximum Gasteiger partial charge on any atom is 0.323 e. The second-order valence-electron chi connectivity index (χ2n) is 6.01. The van der Waals surface area contributed by atoms with E-state index in [-0.39, 0.29) is 17.3 Å². The van der Waals surface area contributed by atoms with Gasteiger partial charge in [-0.2, -0.15) is 0 Å². The average molecular weight is 380 g/mol. The second-order valence-corrected chi connectivity index (χ2v) is 6.95. The van der Waals surface area contributed by atoms with Gasteiger partial charge in [-0.25, -0.2) is 9.78 Å². The van der Waals surface area contributed by atoms with Crippen LogP contribution in [0.4, 0.5) is 5.69 Å². The van der Waals surface area contributed by atoms with Gasteiger partial charge < -0.3 is 15.3 Å². The summed E-state index contributed by atoms with van der Waals surface area (Å²) in [4.78, 5) is 33.2. The van der Waals surface area contributed by atoms with Gasteiger partial charge >= 0.3 is 5.69 Å². The smallest absolute Gasteiger partial charge is 0.323 e. The van der Waals surface area contributed by atoms with Crippen molar-refractivity contribution in [1.82, 2.24) is 25.1 Å². The Bertz CT molecular complexity index is 1160. The van der Waals surface area contributed by atoms with Crippen LogP contribution < -0.4 is 11.0 Å². The van der Waals surface area contributed by atoms with E-state index in [0.29, 0.717) is 27.7 Å². The zero-order chi connectivity index (χ0) is 18.8. The lowest BCUT2D eigenvalue weighted by Gasteiger charge is -2.03. The van der Waals surface area contributed by atoms with E-state index in [9.17, 15) is 9.59 Å². The van der Waals surface area contributed by atoms with E-state index >= 15 is 0 Å². The number of benzene rings is 2. The summed E-state index contributed by atoms with van der Waals surface area (Å²) in [5, 5.41) is 10.3. The topological polar surface area (TPSA) is 119 Å². The van der Waals surface area contributed by atoms with Crippen LogP contribution >= 0.6 is 11.8 Å². The highest BCUT2D eigenvalue weighted by atomic mass is 32.2. The van der Waals surface area contributed by atoms with Crippen molar-refractivity contribution in [1.29, 1.82) is 0 Å². The van der Waals surface area contributed by atoms with Crippen molar-refractivity contribution >= 4 is 34.4 Å². The molecule has 27 heavy (non-hydrogen) atoms. The first-order valence-corrected chi connectivity index (χ1v) is 9.19. The van der Waals surface area contributed by atoms with E-state index in [4.69, 9.17) is 0 Å². The first-order valence-electron chi connectivity index (χ1n) is 8.21. The lowest BCUT2D eigenvalue weighted by atomic mass is 10.1. The van der Waals surface area contributed by atoms with Crippen LogP contribution in [0.3, 0.4) is 0 Å². The number of hydrogen-bond donors (Lipinski definition) is 4. The summed E-state index contributed by atoms with van der Waals surface area (Å²) in [5.74, 6) is 0.658. The average Bonchev–Trinajstić information content (AvgIpc) is 3.26. The number of imidazole rings is 1. The van der Waals surface area contributed by atoms with Crippen LogP contribution in [0.5, 0.6) is 0 Å². The van der Waals surface area contributed by atoms with Crippen molar-refractivity contribution in [3.8, 4) is 11.4 Å². The number of aromatic amines is 3. The van der Waals surface area contributed by atoms with Crippen molar-refractivity contribution in [2.24, 2.45) is 0 Å². The van der Waals surface area contributed by atoms with Crippen LogP contribution in [-0.4, -0.2) is 36.8 Å². The summed E-state index contributed by atoms with van der Waals surface area (Å²) >= 11 is 1.24. The summed E-state index contributed by atoms with van der Waals surface area (Å²) in [5.41, 5.74) is 3.78. The zero-order valence-corrected chi connectivity index (χ0v) is 15.2. The number of carbonyl (C=O) groups excluding carboxylic acids is 1. The molecule has 0 saturated carbocycles. The number of H-pyrrole nitrogens is 3. The minimum Gasteiger partial charge on any atom is -0.325 e. The van der Waals surface area contributed by atoms with E-state index in [1.54, 1.807) is 18.2 Å². The Hall–Kier alpha value is -3.33. The summed E-state index contributed by atoms with van der Waals surface area (Å²) < 4.78 is 0. The molecule has 1 amide bonds. The van der Waals surface area contributed by atoms with Crippen molar-refractivity contribution in [3.63, 3.8) is 0 Å². The highest BCUT2D eigenvalue weighted by Crippen LogP contribution is 2.20. The van der Waals surface area contributed by atoms with E-state index in [0.717, 1.165) is 5.56 Å². The summed E-state index contributed by atoms with van der Waals surface area (Å²) in [7, 11) is 0. The van der Waals surface area contributed by atoms with Gasteiger partial charge in [-0.05, 0) is 25.1 Å². The summed E-state index contributed by atoms with van der Waals surface area (Å²) in [6, 6.07) is 13.1. The molecule has 0 aliphatic carbocycles. The van der Waals surface area contributed by atoms with Gasteiger partial charge in [0, 0.05) is 11.3 Å². The van der Waals surface area contributed by atoms with E-state index in [2.05, 4.69) is 30.5 Å². The van der Waals surface area contributed by atoms with Crippen LogP contribution in [0.25, 0.3) is 22.4 Å². The molecule has 0 aliphatic heterocycles. The van der Waals surface area contributed by atoms with Gasteiger partial charge in [0.15, 0.2) is 5.82 Å². The number of nitrogens with one attached hydrogen (secondary N) is 4. The van der Waals surface area contributed by atoms with Gasteiger partial charge in [0.2, 0.25) is 11.1 Å². The SMILES string of the molecule is Cc1ccc(-c2nc(SCC(=O)Nc3ccc4[nH]c(=O)[nH]c4c3)n[nH]2)cc1. The number of fused-ring (bicyclic) bond motifs is 1. The van der Waals surface area contributed by atoms with Crippen LogP contribution in [0.1, 0.15) is 5.56 Å². The molecule has 8 nitrogen and oxygen atoms in total. The Morgan fingerprint density at radius 2 is 1.89 bits per heavy atom. The Morgan fingerprint density at radius 1 is 1.11 bits per heavy atom. The largest absolute Gasteiger partial charge is 0.325 e. The molecule has 9 heteroatoms. The third-order valence-corrected chi connectivity index (χ3v) is 4.77. The molecule has 2 aromatic heterocycles. The van der Waals surface area contributed by atoms with Gasteiger partial charge in [-0.1, -0.05) is 41.6 Å². The van der Waals surface area contributed by atoms with E-state index in [1.807, 2.05) is 31.2 Å². The monoisotopic (exact) mass is 380 g/mol. The first-order chi connectivity index (χ1) is 13.1. The molecule has 0 aliphatic rings. The number of hydrogen-bond acceptors (Lipinski definition) is 5. The van der Waals surface area contributed by atoms with Gasteiger partial charge in [0.1, 0.15) is 0 Å². The molecular formula is C18H16N6O2S. The van der Waals surface area contributed by atoms with Crippen LogP contribution in [0.2, 0.25) is 0 Å². The quantitative estimate of drug-likeness (QED) is 0.397. The normalized spacial score (nSPS) is 11.0. The Morgan fingerprint density at radius 3 is 2.70 bits per heavy atom. The number of amides is 1. The minimum atomic E-state index is -0.280. The highest BCUT2D eigenvalue weighted by Gasteiger charge is 2.10. The zero-order valence-electron chi connectivity index (χ0n) is 14.4. The van der Waals surface area contributed by atoms with Gasteiger partial charge in [0.25, 0.3) is 0 Å². The standard InChI is InChI=1S/C18H16N6O2S/c1-10-2-4-11(5-3-10)16-22-18(24-23-16)27-9-15(25)19-12-6-7-13-14(8-12)21-17(26)20-13/h2-8H,9H2,1H3,(H,19,25)(H2,20,21,26)(H,22,23,24). The Labute approximate surface area is 157 Å². The maximum atomic E-state index is 12.2. The maximum absolute atomic E-state index is 12.2. The molecule has 136 valence electrons. The number of thioether (sulfide) groups is 1. The molecule has 2 heterocycles. The molecule has 0 radical (unpaired) electrons. The molecule has 4 rings (SSSR count). The van der Waals surface area contributed by atoms with Crippen molar-refractivity contribution in [2.45, 2.75) is 12.1 Å². The number of rotatable bonds is 5. The number of aromatic nitrogens is 5. The molecule has 0 saturated heterocycles. The third-order valence-electron chi connectivity index (χ3n) is 3.92. The number of nitrogens with zero attached hydrogens (tertiary/aromatic N) is 2. The third kappa shape index (κ3) is 3.93. The molecule has 0 fully saturated rings. The number of anilines is 1. The number of aryl methyl sites for hydroxylation is 1. The Balaban J connectivity index is 1.37. The lowest BCUT2D eigenvalue weighted by molar-refractivity contribution is -0.113. The Kier molecular flexibility index (Phi) is 4.51. The molecule has 0 bridgehead atoms. The molecule has 0 unspecified atom stereocenters. The van der Waals surface area contributed by atoms with E-state index < -0.39 is 0 Å². The molecular weight excluding hydrogens is 364 g/mol. The van der Waals surface area contributed by atoms with Crippen molar-refractivity contribution in [2.75, 3.05) is 11.1 Å². The molecule has 0 atom stereocenters. The lowest BCUT2D eigenvalue weighted by Crippen LogP contribution is -2.14. The van der Waals surface area contributed by atoms with Crippen LogP contribution in [0, 0.1) is 6.92 Å². The fourth-order valence-corrected chi connectivity index (χ4v) is 3.19. The fraction of sp³-hybridized carbons (Fsp3) is 0.111. The highest BCUT2D eigenvalue weighted by molar-refractivity contribution is 7.99. The summed E-state index contributed by atoms with van der Waals surface area (Å²) in [6.45, 7) is 2.02. The predicted octanol–water partition coefficient (Wildman–Crippen LogP) is 2.68. The van der Waals surface area contributed by atoms with Gasteiger partial charge in [-0.3, -0.25) is 9.89 Å². The molecule has 0 spiro atoms. The minimum absolute atomic E-state index is 0.173. The van der Waals surface area contributed by atoms with Crippen LogP contribution in [-0.2, 0) is 4.79 Å². The number of carbonyl (C=O) groups is 1.